The lowest BCUT2D eigenvalue weighted by atomic mass is 9.71. The van der Waals surface area contributed by atoms with Crippen LogP contribution in [0.2, 0.25) is 5.02 Å². The number of hydrogen-bond donors (Lipinski definition) is 0. The zero-order valence-corrected chi connectivity index (χ0v) is 9.43. The lowest BCUT2D eigenvalue weighted by Gasteiger charge is -2.31. The topological polar surface area (TPSA) is 12.4 Å². The number of rotatable bonds is 0. The number of halogens is 1. The van der Waals surface area contributed by atoms with E-state index in [4.69, 9.17) is 11.6 Å². The van der Waals surface area contributed by atoms with Crippen molar-refractivity contribution < 1.29 is 0 Å². The molecule has 1 aliphatic carbocycles. The predicted octanol–water partition coefficient (Wildman–Crippen LogP) is 4.26. The third-order valence-corrected chi connectivity index (χ3v) is 3.93. The van der Waals surface area contributed by atoms with Crippen LogP contribution < -0.4 is 0 Å². The smallest absolute Gasteiger partial charge is 0.0668 e. The number of aliphatic imine (C=N–C) groups is 1. The highest BCUT2D eigenvalue weighted by Gasteiger charge is 2.37. The fraction of sp³-hybridized carbons (Fsp3) is 0.462. The van der Waals surface area contributed by atoms with E-state index in [0.717, 1.165) is 10.7 Å². The second kappa shape index (κ2) is 3.34. The van der Waals surface area contributed by atoms with Crippen molar-refractivity contribution in [1.82, 2.24) is 0 Å². The molecule has 0 aromatic heterocycles. The molecule has 1 heterocycles. The average Bonchev–Trinajstić information content (AvgIpc) is 2.59. The molecule has 1 saturated carbocycles. The maximum absolute atomic E-state index is 6.07. The normalized spacial score (nSPS) is 21.9. The van der Waals surface area contributed by atoms with E-state index in [-0.39, 0.29) is 5.41 Å². The van der Waals surface area contributed by atoms with E-state index in [1.54, 1.807) is 0 Å². The van der Waals surface area contributed by atoms with E-state index in [0.29, 0.717) is 0 Å². The number of nitrogens with zero attached hydrogens (tertiary/aromatic N) is 1. The second-order valence-electron chi connectivity index (χ2n) is 4.64. The third-order valence-electron chi connectivity index (χ3n) is 3.69. The van der Waals surface area contributed by atoms with Gasteiger partial charge in [0.25, 0.3) is 0 Å². The Morgan fingerprint density at radius 2 is 1.93 bits per heavy atom. The quantitative estimate of drug-likeness (QED) is 0.618. The first-order valence-corrected chi connectivity index (χ1v) is 6.03. The summed E-state index contributed by atoms with van der Waals surface area (Å²) in [7, 11) is 0. The Balaban J connectivity index is 2.09. The van der Waals surface area contributed by atoms with Gasteiger partial charge in [0.15, 0.2) is 0 Å². The van der Waals surface area contributed by atoms with Gasteiger partial charge in [-0.2, -0.15) is 0 Å². The van der Waals surface area contributed by atoms with Crippen LogP contribution in [0, 0.1) is 0 Å². The average molecular weight is 220 g/mol. The van der Waals surface area contributed by atoms with Crippen molar-refractivity contribution in [1.29, 1.82) is 0 Å². The summed E-state index contributed by atoms with van der Waals surface area (Å²) in [6.45, 7) is 0. The van der Waals surface area contributed by atoms with Gasteiger partial charge in [0, 0.05) is 16.7 Å². The summed E-state index contributed by atoms with van der Waals surface area (Å²) in [6.07, 6.45) is 8.64. The fourth-order valence-electron chi connectivity index (χ4n) is 2.86. The van der Waals surface area contributed by atoms with Crippen LogP contribution in [0.1, 0.15) is 37.7 Å². The van der Waals surface area contributed by atoms with Gasteiger partial charge in [0.2, 0.25) is 0 Å². The van der Waals surface area contributed by atoms with Crippen molar-refractivity contribution in [2.24, 2.45) is 4.99 Å². The van der Waals surface area contributed by atoms with Gasteiger partial charge in [0.05, 0.1) is 5.69 Å². The Morgan fingerprint density at radius 3 is 2.73 bits per heavy atom. The minimum atomic E-state index is 0.221. The van der Waals surface area contributed by atoms with Crippen molar-refractivity contribution in [2.75, 3.05) is 0 Å². The molecule has 0 atom stereocenters. The molecule has 1 nitrogen and oxygen atoms in total. The SMILES string of the molecule is Clc1ccc2c(c1)C1(C=N2)CCCCC1. The Hall–Kier alpha value is -0.820. The Morgan fingerprint density at radius 1 is 1.13 bits per heavy atom. The summed E-state index contributed by atoms with van der Waals surface area (Å²) in [5.41, 5.74) is 2.70. The molecular weight excluding hydrogens is 206 g/mol. The molecule has 78 valence electrons. The van der Waals surface area contributed by atoms with Crippen LogP contribution in [0.15, 0.2) is 23.2 Å². The van der Waals surface area contributed by atoms with Crippen molar-refractivity contribution in [3.05, 3.63) is 28.8 Å². The van der Waals surface area contributed by atoms with Crippen LogP contribution in [-0.2, 0) is 5.41 Å². The van der Waals surface area contributed by atoms with E-state index in [1.807, 2.05) is 12.1 Å². The van der Waals surface area contributed by atoms with Crippen molar-refractivity contribution in [2.45, 2.75) is 37.5 Å². The maximum Gasteiger partial charge on any atom is 0.0668 e. The van der Waals surface area contributed by atoms with Gasteiger partial charge in [-0.15, -0.1) is 0 Å². The first-order valence-electron chi connectivity index (χ1n) is 5.65. The van der Waals surface area contributed by atoms with Gasteiger partial charge in [-0.3, -0.25) is 4.99 Å². The van der Waals surface area contributed by atoms with Crippen LogP contribution in [0.3, 0.4) is 0 Å². The molecule has 0 bridgehead atoms. The van der Waals surface area contributed by atoms with Crippen LogP contribution >= 0.6 is 11.6 Å². The van der Waals surface area contributed by atoms with E-state index in [2.05, 4.69) is 17.3 Å². The van der Waals surface area contributed by atoms with Gasteiger partial charge < -0.3 is 0 Å². The predicted molar refractivity (Wildman–Crippen MR) is 64.4 cm³/mol. The molecule has 1 aromatic rings. The Kier molecular flexibility index (Phi) is 2.10. The minimum Gasteiger partial charge on any atom is -0.260 e. The molecule has 3 rings (SSSR count). The largest absolute Gasteiger partial charge is 0.260 e. The highest BCUT2D eigenvalue weighted by molar-refractivity contribution is 6.30. The molecule has 2 aliphatic rings. The molecule has 2 heteroatoms. The van der Waals surface area contributed by atoms with E-state index in [1.165, 1.54) is 37.7 Å². The highest BCUT2D eigenvalue weighted by atomic mass is 35.5. The molecule has 15 heavy (non-hydrogen) atoms. The molecule has 1 aromatic carbocycles. The summed E-state index contributed by atoms with van der Waals surface area (Å²) in [5, 5.41) is 0.837. The molecular formula is C13H14ClN. The third kappa shape index (κ3) is 1.41. The van der Waals surface area contributed by atoms with Crippen LogP contribution in [0.25, 0.3) is 0 Å². The molecule has 0 radical (unpaired) electrons. The molecule has 0 unspecified atom stereocenters. The van der Waals surface area contributed by atoms with Crippen LogP contribution in [-0.4, -0.2) is 6.21 Å². The lowest BCUT2D eigenvalue weighted by molar-refractivity contribution is 0.391. The maximum atomic E-state index is 6.07. The van der Waals surface area contributed by atoms with E-state index < -0.39 is 0 Å². The standard InChI is InChI=1S/C13H14ClN/c14-10-4-5-12-11(8-10)13(9-15-12)6-2-1-3-7-13/h4-5,8-9H,1-3,6-7H2. The van der Waals surface area contributed by atoms with Crippen LogP contribution in [0.5, 0.6) is 0 Å². The zero-order chi connectivity index (χ0) is 10.3. The Labute approximate surface area is 95.2 Å². The first-order chi connectivity index (χ1) is 7.30. The molecule has 1 aliphatic heterocycles. The van der Waals surface area contributed by atoms with Gasteiger partial charge >= 0.3 is 0 Å². The van der Waals surface area contributed by atoms with Crippen molar-refractivity contribution in [3.63, 3.8) is 0 Å². The lowest BCUT2D eigenvalue weighted by Crippen LogP contribution is -2.28. The van der Waals surface area contributed by atoms with Gasteiger partial charge in [-0.25, -0.2) is 0 Å². The summed E-state index contributed by atoms with van der Waals surface area (Å²) in [4.78, 5) is 4.53. The summed E-state index contributed by atoms with van der Waals surface area (Å²) in [5.74, 6) is 0. The molecule has 0 amide bonds. The monoisotopic (exact) mass is 219 g/mol. The highest BCUT2D eigenvalue weighted by Crippen LogP contribution is 2.46. The van der Waals surface area contributed by atoms with E-state index in [9.17, 15) is 0 Å². The van der Waals surface area contributed by atoms with Gasteiger partial charge in [-0.1, -0.05) is 30.9 Å². The van der Waals surface area contributed by atoms with Gasteiger partial charge in [-0.05, 0) is 36.6 Å². The van der Waals surface area contributed by atoms with Crippen LogP contribution in [0.4, 0.5) is 5.69 Å². The Bertz CT molecular complexity index is 417. The summed E-state index contributed by atoms with van der Waals surface area (Å²) >= 11 is 6.07. The number of benzene rings is 1. The molecule has 1 spiro atoms. The first kappa shape index (κ1) is 9.41. The molecule has 0 saturated heterocycles. The summed E-state index contributed by atoms with van der Waals surface area (Å²) in [6, 6.07) is 6.08. The second-order valence-corrected chi connectivity index (χ2v) is 5.07. The van der Waals surface area contributed by atoms with Crippen molar-refractivity contribution >= 4 is 23.5 Å². The van der Waals surface area contributed by atoms with Crippen molar-refractivity contribution in [3.8, 4) is 0 Å². The number of fused-ring (bicyclic) bond motifs is 2. The molecule has 0 N–H and O–H groups in total. The zero-order valence-electron chi connectivity index (χ0n) is 8.67. The molecule has 1 fully saturated rings. The fourth-order valence-corrected chi connectivity index (χ4v) is 3.04. The van der Waals surface area contributed by atoms with E-state index >= 15 is 0 Å². The van der Waals surface area contributed by atoms with Gasteiger partial charge in [0.1, 0.15) is 0 Å². The number of hydrogen-bond acceptors (Lipinski definition) is 1. The minimum absolute atomic E-state index is 0.221. The summed E-state index contributed by atoms with van der Waals surface area (Å²) < 4.78 is 0.